The van der Waals surface area contributed by atoms with Gasteiger partial charge < -0.3 is 0 Å². The van der Waals surface area contributed by atoms with E-state index in [1.54, 1.807) is 0 Å². The number of benzene rings is 1. The number of aryl methyl sites for hydroxylation is 1. The van der Waals surface area contributed by atoms with Crippen molar-refractivity contribution in [2.24, 2.45) is 5.41 Å². The van der Waals surface area contributed by atoms with E-state index < -0.39 is 10.8 Å². The van der Waals surface area contributed by atoms with Gasteiger partial charge in [-0.15, -0.1) is 0 Å². The van der Waals surface area contributed by atoms with E-state index in [0.29, 0.717) is 4.36 Å². The molecule has 0 bridgehead atoms. The first kappa shape index (κ1) is 13.5. The first-order valence-corrected chi connectivity index (χ1v) is 6.69. The lowest BCUT2D eigenvalue weighted by Gasteiger charge is -2.12. The highest BCUT2D eigenvalue weighted by atomic mass is 35.5. The van der Waals surface area contributed by atoms with E-state index in [0.717, 1.165) is 10.5 Å². The SMILES string of the molecule is Cc1ccc(S(=O)/C(Cl)=C\C(C)(C)C)cc1. The van der Waals surface area contributed by atoms with Gasteiger partial charge in [0.2, 0.25) is 0 Å². The van der Waals surface area contributed by atoms with E-state index in [-0.39, 0.29) is 5.41 Å². The van der Waals surface area contributed by atoms with Gasteiger partial charge in [-0.2, -0.15) is 0 Å². The standard InChI is InChI=1S/C13H17ClOS/c1-10-5-7-11(8-6-10)16(15)12(14)9-13(2,3)4/h5-9H,1-4H3/b12-9-. The molecule has 0 saturated carbocycles. The lowest BCUT2D eigenvalue weighted by molar-refractivity contribution is 0.544. The Hall–Kier alpha value is -0.600. The predicted octanol–water partition coefficient (Wildman–Crippen LogP) is 4.23. The maximum atomic E-state index is 12.0. The second-order valence-electron chi connectivity index (χ2n) is 4.90. The fraction of sp³-hybridized carbons (Fsp3) is 0.385. The van der Waals surface area contributed by atoms with Crippen molar-refractivity contribution in [2.45, 2.75) is 32.6 Å². The predicted molar refractivity (Wildman–Crippen MR) is 71.0 cm³/mol. The van der Waals surface area contributed by atoms with Crippen molar-refractivity contribution in [1.29, 1.82) is 0 Å². The van der Waals surface area contributed by atoms with Crippen LogP contribution in [-0.2, 0) is 10.8 Å². The van der Waals surface area contributed by atoms with Crippen LogP contribution in [0.1, 0.15) is 26.3 Å². The molecule has 3 heteroatoms. The summed E-state index contributed by atoms with van der Waals surface area (Å²) in [5, 5.41) is 0. The Morgan fingerprint density at radius 1 is 1.25 bits per heavy atom. The first-order valence-electron chi connectivity index (χ1n) is 5.16. The third kappa shape index (κ3) is 4.11. The molecule has 16 heavy (non-hydrogen) atoms. The van der Waals surface area contributed by atoms with Gasteiger partial charge in [0.1, 0.15) is 4.36 Å². The maximum absolute atomic E-state index is 12.0. The zero-order valence-electron chi connectivity index (χ0n) is 10.1. The summed E-state index contributed by atoms with van der Waals surface area (Å²) in [4.78, 5) is 0.746. The van der Waals surface area contributed by atoms with Crippen LogP contribution in [0.4, 0.5) is 0 Å². The van der Waals surface area contributed by atoms with Crippen LogP contribution in [-0.4, -0.2) is 4.21 Å². The van der Waals surface area contributed by atoms with Gasteiger partial charge in [0.15, 0.2) is 0 Å². The number of rotatable bonds is 2. The highest BCUT2D eigenvalue weighted by molar-refractivity contribution is 7.90. The number of allylic oxidation sites excluding steroid dienone is 1. The molecular weight excluding hydrogens is 240 g/mol. The van der Waals surface area contributed by atoms with Crippen molar-refractivity contribution in [3.63, 3.8) is 0 Å². The van der Waals surface area contributed by atoms with Gasteiger partial charge in [-0.25, -0.2) is 4.21 Å². The van der Waals surface area contributed by atoms with Gasteiger partial charge in [-0.1, -0.05) is 56.1 Å². The fourth-order valence-electron chi connectivity index (χ4n) is 1.17. The maximum Gasteiger partial charge on any atom is 0.106 e. The third-order valence-electron chi connectivity index (χ3n) is 1.96. The zero-order chi connectivity index (χ0) is 12.3. The summed E-state index contributed by atoms with van der Waals surface area (Å²) in [6.07, 6.45) is 1.84. The molecule has 1 rings (SSSR count). The van der Waals surface area contributed by atoms with Crippen LogP contribution in [0.2, 0.25) is 0 Å². The molecule has 1 aromatic carbocycles. The van der Waals surface area contributed by atoms with E-state index in [1.807, 2.05) is 58.0 Å². The minimum Gasteiger partial charge on any atom is -0.248 e. The van der Waals surface area contributed by atoms with E-state index in [4.69, 9.17) is 11.6 Å². The van der Waals surface area contributed by atoms with Gasteiger partial charge in [0.05, 0.1) is 10.8 Å². The molecule has 0 aromatic heterocycles. The van der Waals surface area contributed by atoms with Crippen molar-refractivity contribution in [1.82, 2.24) is 0 Å². The summed E-state index contributed by atoms with van der Waals surface area (Å²) >= 11 is 6.05. The smallest absolute Gasteiger partial charge is 0.106 e. The number of halogens is 1. The molecule has 0 radical (unpaired) electrons. The number of hydrogen-bond donors (Lipinski definition) is 0. The molecule has 0 heterocycles. The second kappa shape index (κ2) is 5.15. The summed E-state index contributed by atoms with van der Waals surface area (Å²) < 4.78 is 12.4. The average Bonchev–Trinajstić information content (AvgIpc) is 2.15. The molecule has 0 N–H and O–H groups in total. The summed E-state index contributed by atoms with van der Waals surface area (Å²) in [5.74, 6) is 0. The molecule has 0 aliphatic carbocycles. The Bertz CT molecular complexity index is 413. The molecule has 1 atom stereocenters. The highest BCUT2D eigenvalue weighted by Crippen LogP contribution is 2.24. The van der Waals surface area contributed by atoms with Crippen LogP contribution in [0.5, 0.6) is 0 Å². The Morgan fingerprint density at radius 3 is 2.19 bits per heavy atom. The minimum atomic E-state index is -1.26. The van der Waals surface area contributed by atoms with Gasteiger partial charge in [0, 0.05) is 4.90 Å². The Kier molecular flexibility index (Phi) is 4.34. The molecule has 0 amide bonds. The molecule has 1 aromatic rings. The van der Waals surface area contributed by atoms with Gasteiger partial charge >= 0.3 is 0 Å². The summed E-state index contributed by atoms with van der Waals surface area (Å²) in [6.45, 7) is 8.09. The number of hydrogen-bond acceptors (Lipinski definition) is 1. The van der Waals surface area contributed by atoms with Crippen molar-refractivity contribution in [2.75, 3.05) is 0 Å². The van der Waals surface area contributed by atoms with Crippen LogP contribution in [0.3, 0.4) is 0 Å². The largest absolute Gasteiger partial charge is 0.248 e. The van der Waals surface area contributed by atoms with Gasteiger partial charge in [0.25, 0.3) is 0 Å². The lowest BCUT2D eigenvalue weighted by atomic mass is 9.98. The van der Waals surface area contributed by atoms with Crippen LogP contribution >= 0.6 is 11.6 Å². The first-order chi connectivity index (χ1) is 7.29. The van der Waals surface area contributed by atoms with Crippen molar-refractivity contribution in [3.05, 3.63) is 40.3 Å². The fourth-order valence-corrected chi connectivity index (χ4v) is 2.83. The quantitative estimate of drug-likeness (QED) is 0.774. The van der Waals surface area contributed by atoms with Crippen LogP contribution in [0, 0.1) is 12.3 Å². The van der Waals surface area contributed by atoms with E-state index >= 15 is 0 Å². The molecule has 1 unspecified atom stereocenters. The molecule has 0 aliphatic heterocycles. The van der Waals surface area contributed by atoms with E-state index in [1.165, 1.54) is 0 Å². The monoisotopic (exact) mass is 256 g/mol. The lowest BCUT2D eigenvalue weighted by Crippen LogP contribution is -2.02. The van der Waals surface area contributed by atoms with E-state index in [2.05, 4.69) is 0 Å². The summed E-state index contributed by atoms with van der Waals surface area (Å²) in [5.41, 5.74) is 1.09. The van der Waals surface area contributed by atoms with Gasteiger partial charge in [-0.3, -0.25) is 0 Å². The Labute approximate surface area is 105 Å². The topological polar surface area (TPSA) is 17.1 Å². The molecule has 1 nitrogen and oxygen atoms in total. The second-order valence-corrected chi connectivity index (χ2v) is 6.98. The Balaban J connectivity index is 2.95. The summed E-state index contributed by atoms with van der Waals surface area (Å²) in [6, 6.07) is 7.58. The molecular formula is C13H17ClOS. The molecule has 0 aliphatic rings. The Morgan fingerprint density at radius 2 is 1.75 bits per heavy atom. The third-order valence-corrected chi connectivity index (χ3v) is 3.66. The van der Waals surface area contributed by atoms with Crippen molar-refractivity contribution >= 4 is 22.4 Å². The summed E-state index contributed by atoms with van der Waals surface area (Å²) in [7, 11) is -1.26. The molecule has 0 spiro atoms. The van der Waals surface area contributed by atoms with Gasteiger partial charge in [-0.05, 0) is 24.5 Å². The van der Waals surface area contributed by atoms with Crippen LogP contribution < -0.4 is 0 Å². The zero-order valence-corrected chi connectivity index (χ0v) is 11.7. The highest BCUT2D eigenvalue weighted by Gasteiger charge is 2.13. The van der Waals surface area contributed by atoms with Crippen LogP contribution in [0.25, 0.3) is 0 Å². The van der Waals surface area contributed by atoms with Crippen molar-refractivity contribution in [3.8, 4) is 0 Å². The normalized spacial score (nSPS) is 14.9. The molecule has 0 fully saturated rings. The van der Waals surface area contributed by atoms with E-state index in [9.17, 15) is 4.21 Å². The van der Waals surface area contributed by atoms with Crippen molar-refractivity contribution < 1.29 is 4.21 Å². The van der Waals surface area contributed by atoms with Crippen LogP contribution in [0.15, 0.2) is 39.6 Å². The minimum absolute atomic E-state index is 0.0581. The average molecular weight is 257 g/mol. The molecule has 0 saturated heterocycles. The molecule has 88 valence electrons.